The third-order valence-corrected chi connectivity index (χ3v) is 5.29. The van der Waals surface area contributed by atoms with Crippen molar-refractivity contribution in [3.63, 3.8) is 0 Å². The van der Waals surface area contributed by atoms with E-state index in [4.69, 9.17) is 0 Å². The number of amides is 3. The van der Waals surface area contributed by atoms with Gasteiger partial charge in [-0.1, -0.05) is 31.4 Å². The van der Waals surface area contributed by atoms with E-state index in [-0.39, 0.29) is 42.8 Å². The first-order chi connectivity index (χ1) is 13.0. The number of carbonyl (C=O) groups excluding carboxylic acids is 3. The monoisotopic (exact) mass is 371 g/mol. The molecule has 0 unspecified atom stereocenters. The number of carbonyl (C=O) groups is 3. The van der Waals surface area contributed by atoms with Crippen molar-refractivity contribution in [3.05, 3.63) is 29.8 Å². The Morgan fingerprint density at radius 1 is 1.04 bits per heavy atom. The lowest BCUT2D eigenvalue weighted by molar-refractivity contribution is -0.140. The van der Waals surface area contributed by atoms with Gasteiger partial charge in [0.2, 0.25) is 17.7 Å². The Balaban J connectivity index is 1.49. The van der Waals surface area contributed by atoms with Crippen LogP contribution in [-0.4, -0.2) is 41.8 Å². The topological polar surface area (TPSA) is 78.5 Å². The van der Waals surface area contributed by atoms with Gasteiger partial charge in [-0.25, -0.2) is 0 Å². The zero-order valence-corrected chi connectivity index (χ0v) is 16.0. The maximum absolute atomic E-state index is 12.6. The van der Waals surface area contributed by atoms with Gasteiger partial charge < -0.3 is 15.5 Å². The predicted octanol–water partition coefficient (Wildman–Crippen LogP) is 2.62. The van der Waals surface area contributed by atoms with Crippen molar-refractivity contribution in [2.45, 2.75) is 57.9 Å². The van der Waals surface area contributed by atoms with Gasteiger partial charge in [0, 0.05) is 17.6 Å². The fourth-order valence-electron chi connectivity index (χ4n) is 3.66. The molecular formula is C21H29N3O3. The summed E-state index contributed by atoms with van der Waals surface area (Å²) in [6, 6.07) is 7.67. The van der Waals surface area contributed by atoms with E-state index in [1.54, 1.807) is 4.90 Å². The number of nitrogens with one attached hydrogen (secondary N) is 2. The molecule has 146 valence electrons. The molecule has 0 aliphatic heterocycles. The van der Waals surface area contributed by atoms with Crippen LogP contribution in [0, 0.1) is 12.8 Å². The molecule has 1 aromatic rings. The van der Waals surface area contributed by atoms with E-state index in [0.717, 1.165) is 44.1 Å². The molecular weight excluding hydrogens is 342 g/mol. The Morgan fingerprint density at radius 2 is 1.78 bits per heavy atom. The normalized spacial score (nSPS) is 17.2. The van der Waals surface area contributed by atoms with Crippen molar-refractivity contribution in [1.82, 2.24) is 10.2 Å². The van der Waals surface area contributed by atoms with Gasteiger partial charge in [-0.15, -0.1) is 0 Å². The summed E-state index contributed by atoms with van der Waals surface area (Å²) in [5.74, 6) is -0.328. The quantitative estimate of drug-likeness (QED) is 0.773. The number of rotatable bonds is 7. The molecule has 2 saturated carbocycles. The molecule has 2 aliphatic carbocycles. The second-order valence-corrected chi connectivity index (χ2v) is 7.73. The number of anilines is 1. The van der Waals surface area contributed by atoms with Gasteiger partial charge in [-0.2, -0.15) is 0 Å². The third-order valence-electron chi connectivity index (χ3n) is 5.29. The van der Waals surface area contributed by atoms with Crippen molar-refractivity contribution < 1.29 is 14.4 Å². The summed E-state index contributed by atoms with van der Waals surface area (Å²) < 4.78 is 0. The SMILES string of the molecule is Cc1cccc(NC(=O)CNC(=O)CN(C(=O)C2CC2)C2CCCCC2)c1. The van der Waals surface area contributed by atoms with Crippen molar-refractivity contribution >= 4 is 23.4 Å². The van der Waals surface area contributed by atoms with Crippen molar-refractivity contribution in [2.24, 2.45) is 5.92 Å². The number of hydrogen-bond acceptors (Lipinski definition) is 3. The molecule has 3 amide bonds. The van der Waals surface area contributed by atoms with Crippen LogP contribution in [0.25, 0.3) is 0 Å². The van der Waals surface area contributed by atoms with Crippen LogP contribution in [0.1, 0.15) is 50.5 Å². The maximum atomic E-state index is 12.6. The van der Waals surface area contributed by atoms with E-state index in [1.165, 1.54) is 6.42 Å². The van der Waals surface area contributed by atoms with Crippen LogP contribution in [-0.2, 0) is 14.4 Å². The number of aryl methyl sites for hydroxylation is 1. The van der Waals surface area contributed by atoms with Crippen LogP contribution in [0.4, 0.5) is 5.69 Å². The Bertz CT molecular complexity index is 694. The van der Waals surface area contributed by atoms with Crippen molar-refractivity contribution in [1.29, 1.82) is 0 Å². The molecule has 0 radical (unpaired) electrons. The van der Waals surface area contributed by atoms with Gasteiger partial charge >= 0.3 is 0 Å². The summed E-state index contributed by atoms with van der Waals surface area (Å²) in [6.07, 6.45) is 7.23. The highest BCUT2D eigenvalue weighted by Gasteiger charge is 2.37. The fraction of sp³-hybridized carbons (Fsp3) is 0.571. The second-order valence-electron chi connectivity index (χ2n) is 7.73. The van der Waals surface area contributed by atoms with Gasteiger partial charge in [0.15, 0.2) is 0 Å². The van der Waals surface area contributed by atoms with Crippen molar-refractivity contribution in [2.75, 3.05) is 18.4 Å². The van der Waals surface area contributed by atoms with Gasteiger partial charge in [0.1, 0.15) is 0 Å². The highest BCUT2D eigenvalue weighted by Crippen LogP contribution is 2.33. The molecule has 2 fully saturated rings. The van der Waals surface area contributed by atoms with Crippen LogP contribution >= 0.6 is 0 Å². The van der Waals surface area contributed by atoms with E-state index >= 15 is 0 Å². The summed E-state index contributed by atoms with van der Waals surface area (Å²) >= 11 is 0. The Morgan fingerprint density at radius 3 is 2.44 bits per heavy atom. The van der Waals surface area contributed by atoms with Gasteiger partial charge in [0.05, 0.1) is 13.1 Å². The second kappa shape index (κ2) is 9.02. The summed E-state index contributed by atoms with van der Waals surface area (Å²) in [5, 5.41) is 5.43. The van der Waals surface area contributed by atoms with E-state index in [9.17, 15) is 14.4 Å². The Kier molecular flexibility index (Phi) is 6.48. The Hall–Kier alpha value is -2.37. The summed E-state index contributed by atoms with van der Waals surface area (Å²) in [4.78, 5) is 38.8. The van der Waals surface area contributed by atoms with Crippen LogP contribution < -0.4 is 10.6 Å². The minimum Gasteiger partial charge on any atom is -0.345 e. The average Bonchev–Trinajstić information content (AvgIpc) is 3.50. The first-order valence-corrected chi connectivity index (χ1v) is 9.96. The van der Waals surface area contributed by atoms with E-state index in [0.29, 0.717) is 5.69 Å². The lowest BCUT2D eigenvalue weighted by Gasteiger charge is -2.34. The smallest absolute Gasteiger partial charge is 0.243 e. The van der Waals surface area contributed by atoms with E-state index in [1.807, 2.05) is 31.2 Å². The number of nitrogens with zero attached hydrogens (tertiary/aromatic N) is 1. The fourth-order valence-corrected chi connectivity index (χ4v) is 3.66. The molecule has 27 heavy (non-hydrogen) atoms. The summed E-state index contributed by atoms with van der Waals surface area (Å²) in [6.45, 7) is 1.91. The molecule has 3 rings (SSSR count). The third kappa shape index (κ3) is 5.81. The molecule has 6 nitrogen and oxygen atoms in total. The van der Waals surface area contributed by atoms with Gasteiger partial charge in [-0.05, 0) is 50.3 Å². The Labute approximate surface area is 160 Å². The maximum Gasteiger partial charge on any atom is 0.243 e. The molecule has 0 atom stereocenters. The minimum absolute atomic E-state index is 0.0533. The highest BCUT2D eigenvalue weighted by molar-refractivity contribution is 5.95. The van der Waals surface area contributed by atoms with E-state index < -0.39 is 0 Å². The van der Waals surface area contributed by atoms with Crippen LogP contribution in [0.15, 0.2) is 24.3 Å². The number of hydrogen-bond donors (Lipinski definition) is 2. The number of benzene rings is 1. The average molecular weight is 371 g/mol. The molecule has 2 aliphatic rings. The molecule has 2 N–H and O–H groups in total. The standard InChI is InChI=1S/C21H29N3O3/c1-15-6-5-7-17(12-15)23-19(25)13-22-20(26)14-24(21(27)16-10-11-16)18-8-3-2-4-9-18/h5-7,12,16,18H,2-4,8-11,13-14H2,1H3,(H,22,26)(H,23,25). The lowest BCUT2D eigenvalue weighted by atomic mass is 9.94. The first kappa shape index (κ1) is 19.4. The molecule has 0 bridgehead atoms. The molecule has 1 aromatic carbocycles. The molecule has 6 heteroatoms. The summed E-state index contributed by atoms with van der Waals surface area (Å²) in [5.41, 5.74) is 1.76. The zero-order valence-electron chi connectivity index (χ0n) is 16.0. The first-order valence-electron chi connectivity index (χ1n) is 9.96. The van der Waals surface area contributed by atoms with E-state index in [2.05, 4.69) is 10.6 Å². The van der Waals surface area contributed by atoms with Crippen LogP contribution in [0.3, 0.4) is 0 Å². The molecule has 0 heterocycles. The van der Waals surface area contributed by atoms with Gasteiger partial charge in [0.25, 0.3) is 0 Å². The minimum atomic E-state index is -0.272. The van der Waals surface area contributed by atoms with Crippen LogP contribution in [0.2, 0.25) is 0 Å². The van der Waals surface area contributed by atoms with Gasteiger partial charge in [-0.3, -0.25) is 14.4 Å². The highest BCUT2D eigenvalue weighted by atomic mass is 16.2. The largest absolute Gasteiger partial charge is 0.345 e. The molecule has 0 spiro atoms. The zero-order chi connectivity index (χ0) is 19.2. The molecule has 0 aromatic heterocycles. The van der Waals surface area contributed by atoms with Crippen molar-refractivity contribution in [3.8, 4) is 0 Å². The predicted molar refractivity (Wildman–Crippen MR) is 104 cm³/mol. The van der Waals surface area contributed by atoms with Crippen LogP contribution in [0.5, 0.6) is 0 Å². The lowest BCUT2D eigenvalue weighted by Crippen LogP contribution is -2.48. The summed E-state index contributed by atoms with van der Waals surface area (Å²) in [7, 11) is 0. The molecule has 0 saturated heterocycles.